The number of nitrogens with one attached hydrogen (secondary N) is 1. The Morgan fingerprint density at radius 2 is 2.11 bits per heavy atom. The van der Waals surface area contributed by atoms with Gasteiger partial charge >= 0.3 is 0 Å². The molecule has 0 aliphatic carbocycles. The molecule has 3 rings (SSSR count). The number of methoxy groups -OCH3 is 1. The molecule has 0 fully saturated rings. The number of unbranched alkanes of at least 4 members (excludes halogenated alkanes) is 2. The highest BCUT2D eigenvalue weighted by molar-refractivity contribution is 5.87. The number of hydrogen-bond donors (Lipinski definition) is 2. The highest BCUT2D eigenvalue weighted by atomic mass is 16.5. The fraction of sp³-hybridized carbons (Fsp3) is 0.333. The van der Waals surface area contributed by atoms with E-state index in [4.69, 9.17) is 10.5 Å². The van der Waals surface area contributed by atoms with E-state index in [2.05, 4.69) is 39.4 Å². The minimum Gasteiger partial charge on any atom is -0.496 e. The first-order valence-corrected chi connectivity index (χ1v) is 9.31. The van der Waals surface area contributed by atoms with Gasteiger partial charge < -0.3 is 20.4 Å². The van der Waals surface area contributed by atoms with Crippen LogP contribution in [0.1, 0.15) is 37.3 Å². The van der Waals surface area contributed by atoms with Gasteiger partial charge in [0.15, 0.2) is 5.82 Å². The first-order chi connectivity index (χ1) is 13.2. The Morgan fingerprint density at radius 1 is 1.26 bits per heavy atom. The summed E-state index contributed by atoms with van der Waals surface area (Å²) in [5, 5.41) is 3.43. The van der Waals surface area contributed by atoms with Gasteiger partial charge in [0, 0.05) is 18.3 Å². The molecule has 0 radical (unpaired) electrons. The molecular weight excluding hydrogens is 338 g/mol. The maximum Gasteiger partial charge on any atom is 0.222 e. The summed E-state index contributed by atoms with van der Waals surface area (Å²) in [5.74, 6) is 1.90. The zero-order chi connectivity index (χ0) is 19.2. The third-order valence-corrected chi connectivity index (χ3v) is 4.59. The summed E-state index contributed by atoms with van der Waals surface area (Å²) in [6.45, 7) is 7.53. The van der Waals surface area contributed by atoms with Crippen molar-refractivity contribution in [3.8, 4) is 5.75 Å². The molecule has 0 amide bonds. The van der Waals surface area contributed by atoms with Crippen molar-refractivity contribution < 1.29 is 4.74 Å². The zero-order valence-electron chi connectivity index (χ0n) is 16.0. The molecule has 6 nitrogen and oxygen atoms in total. The summed E-state index contributed by atoms with van der Waals surface area (Å²) in [5.41, 5.74) is 9.79. The average molecular weight is 365 g/mol. The lowest BCUT2D eigenvalue weighted by Gasteiger charge is -2.14. The van der Waals surface area contributed by atoms with Gasteiger partial charge in [0.2, 0.25) is 5.95 Å². The predicted octanol–water partition coefficient (Wildman–Crippen LogP) is 4.32. The number of nitrogens with two attached hydrogens (primary N) is 1. The van der Waals surface area contributed by atoms with Gasteiger partial charge in [-0.15, -0.1) is 0 Å². The van der Waals surface area contributed by atoms with E-state index in [1.165, 1.54) is 12.8 Å². The molecule has 3 aromatic rings. The second-order valence-corrected chi connectivity index (χ2v) is 6.52. The summed E-state index contributed by atoms with van der Waals surface area (Å²) in [4.78, 5) is 8.81. The number of fused-ring (bicyclic) bond motifs is 1. The third kappa shape index (κ3) is 4.22. The molecule has 0 saturated carbocycles. The lowest BCUT2D eigenvalue weighted by molar-refractivity contribution is 0.408. The van der Waals surface area contributed by atoms with Crippen molar-refractivity contribution in [3.05, 3.63) is 48.2 Å². The van der Waals surface area contributed by atoms with Gasteiger partial charge in [0.25, 0.3) is 0 Å². The molecule has 0 unspecified atom stereocenters. The summed E-state index contributed by atoms with van der Waals surface area (Å²) in [6.07, 6.45) is 7.28. The summed E-state index contributed by atoms with van der Waals surface area (Å²) >= 11 is 0. The molecule has 0 spiro atoms. The molecule has 1 aromatic carbocycles. The number of aromatic nitrogens is 3. The number of nitrogen functional groups attached to an aromatic ring is 1. The summed E-state index contributed by atoms with van der Waals surface area (Å²) in [7, 11) is 1.68. The van der Waals surface area contributed by atoms with Crippen molar-refractivity contribution in [1.29, 1.82) is 0 Å². The largest absolute Gasteiger partial charge is 0.496 e. The molecule has 0 saturated heterocycles. The van der Waals surface area contributed by atoms with Crippen LogP contribution in [0, 0.1) is 0 Å². The molecule has 0 aliphatic rings. The monoisotopic (exact) mass is 365 g/mol. The Morgan fingerprint density at radius 3 is 2.85 bits per heavy atom. The quantitative estimate of drug-likeness (QED) is 0.552. The molecule has 0 aliphatic heterocycles. The van der Waals surface area contributed by atoms with E-state index in [1.54, 1.807) is 7.11 Å². The second kappa shape index (κ2) is 8.58. The van der Waals surface area contributed by atoms with Gasteiger partial charge in [-0.3, -0.25) is 0 Å². The van der Waals surface area contributed by atoms with Gasteiger partial charge in [0.05, 0.1) is 19.2 Å². The van der Waals surface area contributed by atoms with Crippen LogP contribution in [0.25, 0.3) is 17.1 Å². The standard InChI is InChI=1S/C21H27N5O/c1-4-6-7-11-23-20-19-17(24-21(22)25-20)10-12-26(19)14-16-9-8-15(5-2)13-18(16)27-3/h5,8-10,12-13H,2,4,6-7,11,14H2,1,3H3,(H3,22,23,24,25). The number of benzene rings is 1. The van der Waals surface area contributed by atoms with Crippen molar-refractivity contribution in [2.45, 2.75) is 32.7 Å². The normalized spacial score (nSPS) is 10.9. The molecule has 142 valence electrons. The van der Waals surface area contributed by atoms with E-state index in [0.717, 1.165) is 46.7 Å². The van der Waals surface area contributed by atoms with Crippen molar-refractivity contribution in [3.63, 3.8) is 0 Å². The fourth-order valence-electron chi connectivity index (χ4n) is 3.16. The number of nitrogens with zero attached hydrogens (tertiary/aromatic N) is 3. The van der Waals surface area contributed by atoms with E-state index in [1.807, 2.05) is 30.5 Å². The minimum atomic E-state index is 0.283. The number of rotatable bonds is 9. The average Bonchev–Trinajstić information content (AvgIpc) is 3.08. The number of anilines is 2. The molecular formula is C21H27N5O. The Kier molecular flexibility index (Phi) is 5.96. The molecule has 0 atom stereocenters. The van der Waals surface area contributed by atoms with E-state index >= 15 is 0 Å². The summed E-state index contributed by atoms with van der Waals surface area (Å²) < 4.78 is 7.69. The van der Waals surface area contributed by atoms with Crippen LogP contribution in [0.2, 0.25) is 0 Å². The molecule has 3 N–H and O–H groups in total. The topological polar surface area (TPSA) is 78.0 Å². The highest BCUT2D eigenvalue weighted by Crippen LogP contribution is 2.27. The minimum absolute atomic E-state index is 0.283. The molecule has 2 heterocycles. The molecule has 0 bridgehead atoms. The number of hydrogen-bond acceptors (Lipinski definition) is 5. The Bertz CT molecular complexity index is 932. The maximum atomic E-state index is 5.89. The van der Waals surface area contributed by atoms with Crippen LogP contribution in [-0.2, 0) is 6.54 Å². The molecule has 6 heteroatoms. The van der Waals surface area contributed by atoms with Crippen molar-refractivity contribution in [2.75, 3.05) is 24.7 Å². The maximum absolute atomic E-state index is 5.89. The third-order valence-electron chi connectivity index (χ3n) is 4.59. The van der Waals surface area contributed by atoms with E-state index in [-0.39, 0.29) is 5.95 Å². The first kappa shape index (κ1) is 18.8. The van der Waals surface area contributed by atoms with Crippen molar-refractivity contribution in [2.24, 2.45) is 0 Å². The van der Waals surface area contributed by atoms with E-state index in [0.29, 0.717) is 6.54 Å². The highest BCUT2D eigenvalue weighted by Gasteiger charge is 2.13. The predicted molar refractivity (Wildman–Crippen MR) is 112 cm³/mol. The van der Waals surface area contributed by atoms with Crippen LogP contribution in [0.4, 0.5) is 11.8 Å². The Hall–Kier alpha value is -3.02. The zero-order valence-corrected chi connectivity index (χ0v) is 16.0. The molecule has 27 heavy (non-hydrogen) atoms. The fourth-order valence-corrected chi connectivity index (χ4v) is 3.16. The summed E-state index contributed by atoms with van der Waals surface area (Å²) in [6, 6.07) is 8.06. The van der Waals surface area contributed by atoms with E-state index < -0.39 is 0 Å². The van der Waals surface area contributed by atoms with Crippen molar-refractivity contribution >= 4 is 28.9 Å². The van der Waals surface area contributed by atoms with Crippen LogP contribution in [0.5, 0.6) is 5.75 Å². The van der Waals surface area contributed by atoms with Gasteiger partial charge in [0.1, 0.15) is 11.3 Å². The number of ether oxygens (including phenoxy) is 1. The SMILES string of the molecule is C=Cc1ccc(Cn2ccc3nc(N)nc(NCCCCC)c32)c(OC)c1. The lowest BCUT2D eigenvalue weighted by Crippen LogP contribution is -2.09. The van der Waals surface area contributed by atoms with Crippen LogP contribution in [-0.4, -0.2) is 28.2 Å². The van der Waals surface area contributed by atoms with Gasteiger partial charge in [-0.2, -0.15) is 4.98 Å². The lowest BCUT2D eigenvalue weighted by atomic mass is 10.1. The van der Waals surface area contributed by atoms with Crippen LogP contribution in [0.15, 0.2) is 37.0 Å². The van der Waals surface area contributed by atoms with Crippen LogP contribution < -0.4 is 15.8 Å². The van der Waals surface area contributed by atoms with Gasteiger partial charge in [-0.05, 0) is 24.1 Å². The van der Waals surface area contributed by atoms with Crippen LogP contribution >= 0.6 is 0 Å². The van der Waals surface area contributed by atoms with E-state index in [9.17, 15) is 0 Å². The van der Waals surface area contributed by atoms with Gasteiger partial charge in [-0.1, -0.05) is 44.6 Å². The second-order valence-electron chi connectivity index (χ2n) is 6.52. The van der Waals surface area contributed by atoms with Crippen molar-refractivity contribution in [1.82, 2.24) is 14.5 Å². The van der Waals surface area contributed by atoms with Crippen LogP contribution in [0.3, 0.4) is 0 Å². The van der Waals surface area contributed by atoms with Gasteiger partial charge in [-0.25, -0.2) is 4.98 Å². The first-order valence-electron chi connectivity index (χ1n) is 9.31. The molecule has 2 aromatic heterocycles. The smallest absolute Gasteiger partial charge is 0.222 e. The Balaban J connectivity index is 1.94. The Labute approximate surface area is 160 Å².